The smallest absolute Gasteiger partial charge is 0.265 e. The van der Waals surface area contributed by atoms with Crippen molar-refractivity contribution in [3.05, 3.63) is 48.0 Å². The molecule has 2 aromatic carbocycles. The van der Waals surface area contributed by atoms with Crippen LogP contribution in [0.3, 0.4) is 0 Å². The summed E-state index contributed by atoms with van der Waals surface area (Å²) >= 11 is 0. The Bertz CT molecular complexity index is 895. The third-order valence-corrected chi connectivity index (χ3v) is 4.29. The first-order valence-corrected chi connectivity index (χ1v) is 8.65. The summed E-state index contributed by atoms with van der Waals surface area (Å²) in [6, 6.07) is 12.6. The highest BCUT2D eigenvalue weighted by Gasteiger charge is 2.25. The first-order chi connectivity index (χ1) is 13.0. The van der Waals surface area contributed by atoms with Crippen molar-refractivity contribution in [2.75, 3.05) is 28.7 Å². The summed E-state index contributed by atoms with van der Waals surface area (Å²) in [5.41, 5.74) is 2.72. The third-order valence-electron chi connectivity index (χ3n) is 4.29. The molecule has 0 atom stereocenters. The van der Waals surface area contributed by atoms with Crippen LogP contribution < -0.4 is 20.3 Å². The monoisotopic (exact) mass is 367 g/mol. The molecule has 2 aromatic rings. The van der Waals surface area contributed by atoms with Crippen molar-refractivity contribution >= 4 is 34.8 Å². The Morgan fingerprint density at radius 2 is 1.78 bits per heavy atom. The van der Waals surface area contributed by atoms with E-state index in [0.717, 1.165) is 5.56 Å². The normalized spacial score (nSPS) is 12.8. The van der Waals surface area contributed by atoms with E-state index in [-0.39, 0.29) is 37.3 Å². The molecule has 3 amide bonds. The van der Waals surface area contributed by atoms with E-state index >= 15 is 0 Å². The number of carbonyl (C=O) groups is 3. The fraction of sp³-hybridized carbons (Fsp3) is 0.250. The number of fused-ring (bicyclic) bond motifs is 1. The highest BCUT2D eigenvalue weighted by atomic mass is 16.5. The Balaban J connectivity index is 1.66. The zero-order valence-electron chi connectivity index (χ0n) is 15.2. The summed E-state index contributed by atoms with van der Waals surface area (Å²) in [6.07, 6.45) is 0.143. The predicted octanol–water partition coefficient (Wildman–Crippen LogP) is 2.71. The van der Waals surface area contributed by atoms with Crippen LogP contribution in [0.25, 0.3) is 0 Å². The molecule has 0 radical (unpaired) electrons. The molecule has 0 aliphatic carbocycles. The van der Waals surface area contributed by atoms with Gasteiger partial charge in [-0.2, -0.15) is 0 Å². The molecule has 2 N–H and O–H groups in total. The average molecular weight is 367 g/mol. The van der Waals surface area contributed by atoms with Crippen LogP contribution in [0.15, 0.2) is 42.5 Å². The molecule has 1 aliphatic heterocycles. The zero-order chi connectivity index (χ0) is 19.4. The summed E-state index contributed by atoms with van der Waals surface area (Å²) in [4.78, 5) is 37.4. The molecule has 0 saturated carbocycles. The summed E-state index contributed by atoms with van der Waals surface area (Å²) in [6.45, 7) is 3.48. The first kappa shape index (κ1) is 18.4. The van der Waals surface area contributed by atoms with Gasteiger partial charge in [-0.15, -0.1) is 0 Å². The maximum atomic E-state index is 12.4. The molecule has 7 nitrogen and oxygen atoms in total. The van der Waals surface area contributed by atoms with Gasteiger partial charge in [-0.1, -0.05) is 18.2 Å². The van der Waals surface area contributed by atoms with Crippen LogP contribution in [0, 0.1) is 6.92 Å². The topological polar surface area (TPSA) is 87.7 Å². The van der Waals surface area contributed by atoms with Gasteiger partial charge in [0.25, 0.3) is 5.91 Å². The van der Waals surface area contributed by atoms with Gasteiger partial charge in [0.05, 0.1) is 5.69 Å². The number of hydrogen-bond donors (Lipinski definition) is 2. The summed E-state index contributed by atoms with van der Waals surface area (Å²) in [7, 11) is 0. The van der Waals surface area contributed by atoms with E-state index in [2.05, 4.69) is 10.6 Å². The van der Waals surface area contributed by atoms with Crippen LogP contribution in [0.1, 0.15) is 18.9 Å². The molecule has 1 heterocycles. The number of benzene rings is 2. The molecule has 0 bridgehead atoms. The largest absolute Gasteiger partial charge is 0.482 e. The molecule has 7 heteroatoms. The SMILES string of the molecule is CC(=O)Nc1cccc(NC(=O)CCN2C(=O)COc3ccccc32)c1C. The highest BCUT2D eigenvalue weighted by Crippen LogP contribution is 2.31. The lowest BCUT2D eigenvalue weighted by Gasteiger charge is -2.29. The molecule has 0 fully saturated rings. The minimum atomic E-state index is -0.213. The van der Waals surface area contributed by atoms with Crippen molar-refractivity contribution in [1.82, 2.24) is 0 Å². The second-order valence-corrected chi connectivity index (χ2v) is 6.26. The lowest BCUT2D eigenvalue weighted by atomic mass is 10.1. The van der Waals surface area contributed by atoms with Gasteiger partial charge in [0.15, 0.2) is 6.61 Å². The van der Waals surface area contributed by atoms with Crippen LogP contribution in [-0.2, 0) is 14.4 Å². The van der Waals surface area contributed by atoms with Gasteiger partial charge in [-0.25, -0.2) is 0 Å². The number of amides is 3. The average Bonchev–Trinajstić information content (AvgIpc) is 2.64. The highest BCUT2D eigenvalue weighted by molar-refractivity contribution is 5.99. The fourth-order valence-electron chi connectivity index (χ4n) is 2.92. The van der Waals surface area contributed by atoms with Crippen molar-refractivity contribution in [1.29, 1.82) is 0 Å². The molecule has 140 valence electrons. The number of rotatable bonds is 5. The number of nitrogens with one attached hydrogen (secondary N) is 2. The molecule has 0 spiro atoms. The molecule has 0 saturated heterocycles. The van der Waals surface area contributed by atoms with E-state index in [0.29, 0.717) is 22.8 Å². The Labute approximate surface area is 157 Å². The van der Waals surface area contributed by atoms with E-state index in [1.54, 1.807) is 35.2 Å². The minimum Gasteiger partial charge on any atom is -0.482 e. The lowest BCUT2D eigenvalue weighted by Crippen LogP contribution is -2.40. The predicted molar refractivity (Wildman–Crippen MR) is 103 cm³/mol. The molecule has 27 heavy (non-hydrogen) atoms. The Hall–Kier alpha value is -3.35. The molecule has 1 aliphatic rings. The van der Waals surface area contributed by atoms with Crippen LogP contribution in [0.5, 0.6) is 5.75 Å². The maximum Gasteiger partial charge on any atom is 0.265 e. The summed E-state index contributed by atoms with van der Waals surface area (Å²) < 4.78 is 5.40. The fourth-order valence-corrected chi connectivity index (χ4v) is 2.92. The third kappa shape index (κ3) is 4.25. The second-order valence-electron chi connectivity index (χ2n) is 6.26. The summed E-state index contributed by atoms with van der Waals surface area (Å²) in [5, 5.41) is 5.57. The molecule has 0 unspecified atom stereocenters. The molecular weight excluding hydrogens is 346 g/mol. The van der Waals surface area contributed by atoms with Gasteiger partial charge < -0.3 is 20.3 Å². The number of para-hydroxylation sites is 2. The molecule has 0 aromatic heterocycles. The van der Waals surface area contributed by atoms with Crippen molar-refractivity contribution in [3.8, 4) is 5.75 Å². The number of hydrogen-bond acceptors (Lipinski definition) is 4. The maximum absolute atomic E-state index is 12.4. The Morgan fingerprint density at radius 3 is 2.52 bits per heavy atom. The number of ether oxygens (including phenoxy) is 1. The van der Waals surface area contributed by atoms with Crippen LogP contribution in [-0.4, -0.2) is 30.9 Å². The van der Waals surface area contributed by atoms with Crippen LogP contribution in [0.2, 0.25) is 0 Å². The van der Waals surface area contributed by atoms with E-state index in [1.807, 2.05) is 19.1 Å². The van der Waals surface area contributed by atoms with Crippen molar-refractivity contribution in [3.63, 3.8) is 0 Å². The van der Waals surface area contributed by atoms with Crippen molar-refractivity contribution in [2.45, 2.75) is 20.3 Å². The second kappa shape index (κ2) is 7.90. The van der Waals surface area contributed by atoms with E-state index in [1.165, 1.54) is 6.92 Å². The number of carbonyl (C=O) groups excluding carboxylic acids is 3. The van der Waals surface area contributed by atoms with Crippen molar-refractivity contribution in [2.24, 2.45) is 0 Å². The van der Waals surface area contributed by atoms with Gasteiger partial charge in [-0.3, -0.25) is 14.4 Å². The minimum absolute atomic E-state index is 0.0312. The summed E-state index contributed by atoms with van der Waals surface area (Å²) in [5.74, 6) is 0.0719. The standard InChI is InChI=1S/C20H21N3O4/c1-13-15(21-14(2)24)6-5-7-16(13)22-19(25)10-11-23-17-8-3-4-9-18(17)27-12-20(23)26/h3-9H,10-12H2,1-2H3,(H,21,24)(H,22,25). The lowest BCUT2D eigenvalue weighted by molar-refractivity contribution is -0.121. The first-order valence-electron chi connectivity index (χ1n) is 8.65. The van der Waals surface area contributed by atoms with Crippen molar-refractivity contribution < 1.29 is 19.1 Å². The van der Waals surface area contributed by atoms with Gasteiger partial charge in [-0.05, 0) is 36.8 Å². The Kier molecular flexibility index (Phi) is 5.40. The quantitative estimate of drug-likeness (QED) is 0.851. The zero-order valence-corrected chi connectivity index (χ0v) is 15.2. The van der Waals surface area contributed by atoms with E-state index in [4.69, 9.17) is 4.74 Å². The van der Waals surface area contributed by atoms with Crippen LogP contribution >= 0.6 is 0 Å². The van der Waals surface area contributed by atoms with Gasteiger partial charge in [0.2, 0.25) is 11.8 Å². The van der Waals surface area contributed by atoms with E-state index in [9.17, 15) is 14.4 Å². The van der Waals surface area contributed by atoms with Crippen LogP contribution in [0.4, 0.5) is 17.1 Å². The van der Waals surface area contributed by atoms with Gasteiger partial charge >= 0.3 is 0 Å². The van der Waals surface area contributed by atoms with E-state index < -0.39 is 0 Å². The van der Waals surface area contributed by atoms with Gasteiger partial charge in [0.1, 0.15) is 5.75 Å². The Morgan fingerprint density at radius 1 is 1.07 bits per heavy atom. The number of anilines is 3. The van der Waals surface area contributed by atoms with Gasteiger partial charge in [0, 0.05) is 31.3 Å². The molecule has 3 rings (SSSR count). The molecular formula is C20H21N3O4. The number of nitrogens with zero attached hydrogens (tertiary/aromatic N) is 1.